The zero-order valence-electron chi connectivity index (χ0n) is 15.7. The van der Waals surface area contributed by atoms with Gasteiger partial charge in [-0.2, -0.15) is 0 Å². The van der Waals surface area contributed by atoms with E-state index in [2.05, 4.69) is 29.2 Å². The van der Waals surface area contributed by atoms with Gasteiger partial charge in [-0.15, -0.1) is 0 Å². The van der Waals surface area contributed by atoms with Gasteiger partial charge in [0, 0.05) is 12.1 Å². The number of ether oxygens (including phenoxy) is 1. The fourth-order valence-electron chi connectivity index (χ4n) is 4.32. The summed E-state index contributed by atoms with van der Waals surface area (Å²) in [5, 5.41) is 0. The van der Waals surface area contributed by atoms with Gasteiger partial charge in [-0.1, -0.05) is 12.1 Å². The average Bonchev–Trinajstić information content (AvgIpc) is 2.64. The zero-order valence-corrected chi connectivity index (χ0v) is 15.7. The Kier molecular flexibility index (Phi) is 6.35. The Bertz CT molecular complexity index is 540. The standard InChI is InChI=1S/C21H33N2O2/c1-2-25-21(24)8-6-7-19-9-11-20(12-10-19)22-13-17-23(18-14-22)15-4-3-5-16-23/h9-12H,2-8,13-18H2,1H3/q+1. The summed E-state index contributed by atoms with van der Waals surface area (Å²) in [4.78, 5) is 13.9. The van der Waals surface area contributed by atoms with Gasteiger partial charge in [0.25, 0.3) is 0 Å². The Morgan fingerprint density at radius 2 is 1.72 bits per heavy atom. The van der Waals surface area contributed by atoms with Crippen molar-refractivity contribution >= 4 is 11.7 Å². The van der Waals surface area contributed by atoms with Crippen LogP contribution in [-0.4, -0.2) is 56.3 Å². The fourth-order valence-corrected chi connectivity index (χ4v) is 4.32. The van der Waals surface area contributed by atoms with E-state index in [-0.39, 0.29) is 5.97 Å². The molecule has 4 heteroatoms. The Morgan fingerprint density at radius 1 is 1.04 bits per heavy atom. The zero-order chi connectivity index (χ0) is 17.5. The minimum absolute atomic E-state index is 0.0813. The van der Waals surface area contributed by atoms with Crippen molar-refractivity contribution in [3.8, 4) is 0 Å². The molecule has 2 aliphatic heterocycles. The summed E-state index contributed by atoms with van der Waals surface area (Å²) in [6, 6.07) is 8.96. The van der Waals surface area contributed by atoms with Crippen molar-refractivity contribution in [2.24, 2.45) is 0 Å². The van der Waals surface area contributed by atoms with Gasteiger partial charge in [0.15, 0.2) is 0 Å². The van der Waals surface area contributed by atoms with Crippen LogP contribution in [0, 0.1) is 0 Å². The minimum atomic E-state index is -0.0813. The number of benzene rings is 1. The highest BCUT2D eigenvalue weighted by molar-refractivity contribution is 5.69. The first kappa shape index (κ1) is 18.2. The molecule has 1 aromatic rings. The second-order valence-electron chi connectivity index (χ2n) is 7.61. The van der Waals surface area contributed by atoms with Crippen molar-refractivity contribution in [1.82, 2.24) is 0 Å². The number of rotatable bonds is 6. The number of carbonyl (C=O) groups excluding carboxylic acids is 1. The molecule has 0 unspecified atom stereocenters. The number of nitrogens with zero attached hydrogens (tertiary/aromatic N) is 2. The summed E-state index contributed by atoms with van der Waals surface area (Å²) in [6.07, 6.45) is 6.59. The topological polar surface area (TPSA) is 29.5 Å². The number of hydrogen-bond acceptors (Lipinski definition) is 3. The molecule has 25 heavy (non-hydrogen) atoms. The molecule has 2 heterocycles. The second-order valence-corrected chi connectivity index (χ2v) is 7.61. The SMILES string of the molecule is CCOC(=O)CCCc1ccc(N2CC[N+]3(CCCCC3)CC2)cc1. The second kappa shape index (κ2) is 8.70. The number of aryl methyl sites for hydroxylation is 1. The van der Waals surface area contributed by atoms with E-state index in [0.29, 0.717) is 13.0 Å². The smallest absolute Gasteiger partial charge is 0.305 e. The first-order chi connectivity index (χ1) is 12.2. The van der Waals surface area contributed by atoms with Crippen molar-refractivity contribution in [2.45, 2.75) is 45.4 Å². The molecule has 0 atom stereocenters. The van der Waals surface area contributed by atoms with Crippen LogP contribution in [0.15, 0.2) is 24.3 Å². The molecule has 2 saturated heterocycles. The van der Waals surface area contributed by atoms with Gasteiger partial charge in [-0.05, 0) is 56.7 Å². The van der Waals surface area contributed by atoms with Crippen LogP contribution < -0.4 is 4.90 Å². The number of quaternary nitrogens is 1. The molecule has 4 nitrogen and oxygen atoms in total. The van der Waals surface area contributed by atoms with Crippen LogP contribution >= 0.6 is 0 Å². The van der Waals surface area contributed by atoms with Crippen molar-refractivity contribution < 1.29 is 14.0 Å². The average molecular weight is 346 g/mol. The highest BCUT2D eigenvalue weighted by Gasteiger charge is 2.34. The highest BCUT2D eigenvalue weighted by atomic mass is 16.5. The van der Waals surface area contributed by atoms with E-state index in [1.54, 1.807) is 0 Å². The molecule has 0 bridgehead atoms. The van der Waals surface area contributed by atoms with Gasteiger partial charge >= 0.3 is 5.97 Å². The number of hydrogen-bond donors (Lipinski definition) is 0. The van der Waals surface area contributed by atoms with Crippen LogP contribution in [-0.2, 0) is 16.0 Å². The largest absolute Gasteiger partial charge is 0.466 e. The van der Waals surface area contributed by atoms with Crippen LogP contribution in [0.25, 0.3) is 0 Å². The highest BCUT2D eigenvalue weighted by Crippen LogP contribution is 2.25. The Labute approximate surface area is 152 Å². The van der Waals surface area contributed by atoms with Crippen LogP contribution in [0.3, 0.4) is 0 Å². The molecule has 1 spiro atoms. The molecular formula is C21H33N2O2+. The molecule has 0 aliphatic carbocycles. The van der Waals surface area contributed by atoms with Crippen LogP contribution in [0.1, 0.15) is 44.6 Å². The van der Waals surface area contributed by atoms with Gasteiger partial charge in [-0.25, -0.2) is 0 Å². The molecule has 2 aliphatic rings. The fraction of sp³-hybridized carbons (Fsp3) is 0.667. The van der Waals surface area contributed by atoms with E-state index in [4.69, 9.17) is 4.74 Å². The van der Waals surface area contributed by atoms with Gasteiger partial charge in [0.1, 0.15) is 0 Å². The lowest BCUT2D eigenvalue weighted by molar-refractivity contribution is -0.932. The third kappa shape index (κ3) is 4.97. The van der Waals surface area contributed by atoms with Crippen molar-refractivity contribution in [1.29, 1.82) is 0 Å². The van der Waals surface area contributed by atoms with E-state index in [9.17, 15) is 4.79 Å². The van der Waals surface area contributed by atoms with Gasteiger partial charge in [0.05, 0.1) is 45.9 Å². The monoisotopic (exact) mass is 345 g/mol. The maximum Gasteiger partial charge on any atom is 0.305 e. The molecule has 0 radical (unpaired) electrons. The number of esters is 1. The molecule has 138 valence electrons. The van der Waals surface area contributed by atoms with Gasteiger partial charge < -0.3 is 14.1 Å². The molecule has 0 N–H and O–H groups in total. The summed E-state index contributed by atoms with van der Waals surface area (Å²) < 4.78 is 6.34. The molecule has 1 aromatic carbocycles. The van der Waals surface area contributed by atoms with Gasteiger partial charge in [-0.3, -0.25) is 4.79 Å². The molecule has 3 rings (SSSR count). The van der Waals surface area contributed by atoms with E-state index in [1.807, 2.05) is 6.92 Å². The lowest BCUT2D eigenvalue weighted by atomic mass is 10.0. The lowest BCUT2D eigenvalue weighted by Crippen LogP contribution is -2.61. The van der Waals surface area contributed by atoms with Gasteiger partial charge in [0.2, 0.25) is 0 Å². The number of anilines is 1. The Balaban J connectivity index is 1.45. The van der Waals surface area contributed by atoms with E-state index >= 15 is 0 Å². The van der Waals surface area contributed by atoms with Crippen molar-refractivity contribution in [2.75, 3.05) is 50.8 Å². The number of piperazine rings is 1. The van der Waals surface area contributed by atoms with E-state index in [1.165, 1.54) is 74.3 Å². The first-order valence-electron chi connectivity index (χ1n) is 10.1. The summed E-state index contributed by atoms with van der Waals surface area (Å²) in [7, 11) is 0. The lowest BCUT2D eigenvalue weighted by Gasteiger charge is -2.47. The molecule has 2 fully saturated rings. The minimum Gasteiger partial charge on any atom is -0.466 e. The number of piperidine rings is 1. The van der Waals surface area contributed by atoms with E-state index in [0.717, 1.165) is 12.8 Å². The summed E-state index contributed by atoms with van der Waals surface area (Å²) in [5.74, 6) is -0.0813. The maximum atomic E-state index is 11.4. The third-order valence-electron chi connectivity index (χ3n) is 5.91. The molecule has 0 aromatic heterocycles. The first-order valence-corrected chi connectivity index (χ1v) is 10.1. The third-order valence-corrected chi connectivity index (χ3v) is 5.91. The summed E-state index contributed by atoms with van der Waals surface area (Å²) in [5.41, 5.74) is 2.66. The summed E-state index contributed by atoms with van der Waals surface area (Å²) in [6.45, 7) is 10.1. The van der Waals surface area contributed by atoms with Crippen LogP contribution in [0.2, 0.25) is 0 Å². The summed E-state index contributed by atoms with van der Waals surface area (Å²) >= 11 is 0. The molecule has 0 amide bonds. The Morgan fingerprint density at radius 3 is 2.36 bits per heavy atom. The predicted octanol–water partition coefficient (Wildman–Crippen LogP) is 3.39. The molecule has 0 saturated carbocycles. The maximum absolute atomic E-state index is 11.4. The number of carbonyl (C=O) groups is 1. The van der Waals surface area contributed by atoms with Crippen LogP contribution in [0.5, 0.6) is 0 Å². The van der Waals surface area contributed by atoms with Crippen LogP contribution in [0.4, 0.5) is 5.69 Å². The Hall–Kier alpha value is -1.55. The normalized spacial score (nSPS) is 19.8. The van der Waals surface area contributed by atoms with Crippen molar-refractivity contribution in [3.63, 3.8) is 0 Å². The predicted molar refractivity (Wildman–Crippen MR) is 102 cm³/mol. The quantitative estimate of drug-likeness (QED) is 0.585. The van der Waals surface area contributed by atoms with E-state index < -0.39 is 0 Å². The molecular weight excluding hydrogens is 312 g/mol. The van der Waals surface area contributed by atoms with Crippen molar-refractivity contribution in [3.05, 3.63) is 29.8 Å².